The molecule has 4 nitrogen and oxygen atoms in total. The van der Waals surface area contributed by atoms with Gasteiger partial charge in [-0.25, -0.2) is 0 Å². The highest BCUT2D eigenvalue weighted by atomic mass is 16.3. The minimum atomic E-state index is -0.303. The lowest BCUT2D eigenvalue weighted by Gasteiger charge is -2.23. The van der Waals surface area contributed by atoms with Crippen molar-refractivity contribution in [2.75, 3.05) is 32.1 Å². The number of aliphatic hydroxyl groups excluding tert-OH is 1. The molecule has 0 aliphatic carbocycles. The highest BCUT2D eigenvalue weighted by Gasteiger charge is 2.19. The fourth-order valence-electron chi connectivity index (χ4n) is 1.53. The van der Waals surface area contributed by atoms with Crippen LogP contribution in [0, 0.1) is 5.41 Å². The number of benzene rings is 1. The molecule has 0 fully saturated rings. The van der Waals surface area contributed by atoms with Gasteiger partial charge >= 0.3 is 0 Å². The van der Waals surface area contributed by atoms with Gasteiger partial charge in [0.1, 0.15) is 0 Å². The van der Waals surface area contributed by atoms with Crippen LogP contribution in [0.2, 0.25) is 0 Å². The minimum Gasteiger partial charge on any atom is -0.396 e. The molecule has 0 aromatic heterocycles. The van der Waals surface area contributed by atoms with Gasteiger partial charge in [0.15, 0.2) is 0 Å². The second-order valence-electron chi connectivity index (χ2n) is 5.42. The molecular formula is C14H22N2O2. The summed E-state index contributed by atoms with van der Waals surface area (Å²) in [7, 11) is 3.81. The van der Waals surface area contributed by atoms with Gasteiger partial charge in [0.25, 0.3) is 5.91 Å². The van der Waals surface area contributed by atoms with Crippen molar-refractivity contribution in [1.82, 2.24) is 5.32 Å². The van der Waals surface area contributed by atoms with Gasteiger partial charge < -0.3 is 15.3 Å². The van der Waals surface area contributed by atoms with Crippen LogP contribution in [0.5, 0.6) is 0 Å². The molecule has 2 N–H and O–H groups in total. The summed E-state index contributed by atoms with van der Waals surface area (Å²) in [5.41, 5.74) is 1.23. The number of nitrogens with one attached hydrogen (secondary N) is 1. The van der Waals surface area contributed by atoms with Crippen molar-refractivity contribution in [2.45, 2.75) is 13.8 Å². The van der Waals surface area contributed by atoms with E-state index in [0.29, 0.717) is 12.1 Å². The van der Waals surface area contributed by atoms with Gasteiger partial charge in [0.2, 0.25) is 0 Å². The fraction of sp³-hybridized carbons (Fsp3) is 0.500. The molecule has 0 aliphatic heterocycles. The van der Waals surface area contributed by atoms with Crippen LogP contribution in [-0.4, -0.2) is 38.3 Å². The minimum absolute atomic E-state index is 0.0443. The predicted octanol–water partition coefficient (Wildman–Crippen LogP) is 1.50. The number of para-hydroxylation sites is 1. The SMILES string of the molecule is CN(C)c1ccccc1C(=O)NCC(C)(C)CO. The van der Waals surface area contributed by atoms with Crippen molar-refractivity contribution in [2.24, 2.45) is 5.41 Å². The number of hydrogen-bond donors (Lipinski definition) is 2. The average Bonchev–Trinajstić information content (AvgIpc) is 2.36. The lowest BCUT2D eigenvalue weighted by molar-refractivity contribution is 0.0911. The lowest BCUT2D eigenvalue weighted by Crippen LogP contribution is -2.36. The van der Waals surface area contributed by atoms with E-state index >= 15 is 0 Å². The molecule has 0 saturated carbocycles. The second kappa shape index (κ2) is 5.87. The summed E-state index contributed by atoms with van der Waals surface area (Å²) in [6.07, 6.45) is 0. The monoisotopic (exact) mass is 250 g/mol. The molecule has 0 bridgehead atoms. The Balaban J connectivity index is 2.79. The van der Waals surface area contributed by atoms with Crippen molar-refractivity contribution in [3.8, 4) is 0 Å². The van der Waals surface area contributed by atoms with E-state index < -0.39 is 0 Å². The molecule has 0 unspecified atom stereocenters. The third-order valence-electron chi connectivity index (χ3n) is 2.79. The van der Waals surface area contributed by atoms with Crippen LogP contribution < -0.4 is 10.2 Å². The Hall–Kier alpha value is -1.55. The molecule has 1 aromatic rings. The maximum absolute atomic E-state index is 12.1. The average molecular weight is 250 g/mol. The zero-order chi connectivity index (χ0) is 13.8. The number of anilines is 1. The van der Waals surface area contributed by atoms with E-state index in [0.717, 1.165) is 5.69 Å². The highest BCUT2D eigenvalue weighted by molar-refractivity contribution is 5.99. The molecule has 18 heavy (non-hydrogen) atoms. The Morgan fingerprint density at radius 3 is 2.50 bits per heavy atom. The second-order valence-corrected chi connectivity index (χ2v) is 5.42. The van der Waals surface area contributed by atoms with Crippen LogP contribution >= 0.6 is 0 Å². The Labute approximate surface area is 109 Å². The number of carbonyl (C=O) groups is 1. The van der Waals surface area contributed by atoms with E-state index in [1.807, 2.05) is 51.0 Å². The summed E-state index contributed by atoms with van der Waals surface area (Å²) in [5, 5.41) is 12.0. The summed E-state index contributed by atoms with van der Waals surface area (Å²) in [6.45, 7) is 4.31. The predicted molar refractivity (Wildman–Crippen MR) is 74.0 cm³/mol. The Kier molecular flexibility index (Phi) is 4.73. The summed E-state index contributed by atoms with van der Waals surface area (Å²) in [5.74, 6) is -0.110. The first-order chi connectivity index (χ1) is 8.37. The van der Waals surface area contributed by atoms with Gasteiger partial charge in [-0.1, -0.05) is 26.0 Å². The van der Waals surface area contributed by atoms with Crippen LogP contribution in [0.1, 0.15) is 24.2 Å². The summed E-state index contributed by atoms with van der Waals surface area (Å²) >= 11 is 0. The topological polar surface area (TPSA) is 52.6 Å². The van der Waals surface area contributed by atoms with Gasteiger partial charge in [-0.05, 0) is 12.1 Å². The molecule has 100 valence electrons. The van der Waals surface area contributed by atoms with Gasteiger partial charge in [0, 0.05) is 38.3 Å². The van der Waals surface area contributed by atoms with E-state index in [2.05, 4.69) is 5.32 Å². The van der Waals surface area contributed by atoms with Crippen LogP contribution in [0.25, 0.3) is 0 Å². The maximum Gasteiger partial charge on any atom is 0.253 e. The number of hydrogen-bond acceptors (Lipinski definition) is 3. The van der Waals surface area contributed by atoms with Crippen LogP contribution in [0.4, 0.5) is 5.69 Å². The normalized spacial score (nSPS) is 11.2. The third kappa shape index (κ3) is 3.74. The number of rotatable bonds is 5. The van der Waals surface area contributed by atoms with Crippen molar-refractivity contribution in [3.05, 3.63) is 29.8 Å². The molecule has 0 radical (unpaired) electrons. The molecule has 1 aromatic carbocycles. The fourth-order valence-corrected chi connectivity index (χ4v) is 1.53. The first-order valence-electron chi connectivity index (χ1n) is 6.03. The summed E-state index contributed by atoms with van der Waals surface area (Å²) < 4.78 is 0. The molecular weight excluding hydrogens is 228 g/mol. The van der Waals surface area contributed by atoms with Crippen LogP contribution in [0.3, 0.4) is 0 Å². The number of carbonyl (C=O) groups excluding carboxylic acids is 1. The zero-order valence-electron chi connectivity index (χ0n) is 11.5. The van der Waals surface area contributed by atoms with E-state index in [4.69, 9.17) is 5.11 Å². The van der Waals surface area contributed by atoms with Crippen molar-refractivity contribution < 1.29 is 9.90 Å². The molecule has 0 saturated heterocycles. The smallest absolute Gasteiger partial charge is 0.253 e. The largest absolute Gasteiger partial charge is 0.396 e. The van der Waals surface area contributed by atoms with E-state index in [1.165, 1.54) is 0 Å². The molecule has 1 amide bonds. The van der Waals surface area contributed by atoms with Gasteiger partial charge in [-0.3, -0.25) is 4.79 Å². The zero-order valence-corrected chi connectivity index (χ0v) is 11.5. The molecule has 1 rings (SSSR count). The van der Waals surface area contributed by atoms with Crippen molar-refractivity contribution in [1.29, 1.82) is 0 Å². The third-order valence-corrected chi connectivity index (χ3v) is 2.79. The van der Waals surface area contributed by atoms with Crippen LogP contribution in [0.15, 0.2) is 24.3 Å². The standard InChI is InChI=1S/C14H22N2O2/c1-14(2,10-17)9-15-13(18)11-7-5-6-8-12(11)16(3)4/h5-8,17H,9-10H2,1-4H3,(H,15,18). The summed E-state index contributed by atoms with van der Waals surface area (Å²) in [6, 6.07) is 7.46. The Morgan fingerprint density at radius 2 is 1.94 bits per heavy atom. The van der Waals surface area contributed by atoms with Gasteiger partial charge in [-0.15, -0.1) is 0 Å². The van der Waals surface area contributed by atoms with Crippen molar-refractivity contribution in [3.63, 3.8) is 0 Å². The molecule has 0 aliphatic rings. The first-order valence-corrected chi connectivity index (χ1v) is 6.03. The summed E-state index contributed by atoms with van der Waals surface area (Å²) in [4.78, 5) is 14.0. The van der Waals surface area contributed by atoms with Gasteiger partial charge in [-0.2, -0.15) is 0 Å². The lowest BCUT2D eigenvalue weighted by atomic mass is 9.95. The molecule has 4 heteroatoms. The van der Waals surface area contributed by atoms with Gasteiger partial charge in [0.05, 0.1) is 5.56 Å². The van der Waals surface area contributed by atoms with Crippen molar-refractivity contribution >= 4 is 11.6 Å². The highest BCUT2D eigenvalue weighted by Crippen LogP contribution is 2.18. The number of amides is 1. The maximum atomic E-state index is 12.1. The van der Waals surface area contributed by atoms with E-state index in [-0.39, 0.29) is 17.9 Å². The quantitative estimate of drug-likeness (QED) is 0.832. The Morgan fingerprint density at radius 1 is 1.33 bits per heavy atom. The Bertz CT molecular complexity index is 414. The van der Waals surface area contributed by atoms with Crippen LogP contribution in [-0.2, 0) is 0 Å². The van der Waals surface area contributed by atoms with E-state index in [1.54, 1.807) is 6.07 Å². The van der Waals surface area contributed by atoms with E-state index in [9.17, 15) is 4.79 Å². The number of nitrogens with zero attached hydrogens (tertiary/aromatic N) is 1. The number of aliphatic hydroxyl groups is 1. The molecule has 0 heterocycles. The molecule has 0 atom stereocenters. The molecule has 0 spiro atoms. The first kappa shape index (κ1) is 14.5.